The highest BCUT2D eigenvalue weighted by Gasteiger charge is 2.50. The molecule has 4 rings (SSSR count). The average Bonchev–Trinajstić information content (AvgIpc) is 3.10. The fourth-order valence-corrected chi connectivity index (χ4v) is 4.66. The second-order valence-electron chi connectivity index (χ2n) is 8.70. The molecule has 170 valence electrons. The summed E-state index contributed by atoms with van der Waals surface area (Å²) in [6.07, 6.45) is 10.7. The Morgan fingerprint density at radius 1 is 0.875 bits per heavy atom. The summed E-state index contributed by atoms with van der Waals surface area (Å²) in [6.45, 7) is 2.97. The van der Waals surface area contributed by atoms with E-state index in [-0.39, 0.29) is 23.7 Å². The Hall–Kier alpha value is -2.93. The van der Waals surface area contributed by atoms with Crippen molar-refractivity contribution >= 4 is 23.7 Å². The molecule has 2 aliphatic heterocycles. The smallest absolute Gasteiger partial charge is 0.243 e. The lowest BCUT2D eigenvalue weighted by Crippen LogP contribution is -2.42. The molecular weight excluding hydrogens is 406 g/mol. The van der Waals surface area contributed by atoms with Gasteiger partial charge in [-0.3, -0.25) is 14.4 Å². The number of rotatable bonds is 0. The maximum absolute atomic E-state index is 12.5. The van der Waals surface area contributed by atoms with Crippen LogP contribution in [0.15, 0.2) is 36.4 Å². The molecule has 32 heavy (non-hydrogen) atoms. The van der Waals surface area contributed by atoms with E-state index in [0.29, 0.717) is 32.4 Å². The Bertz CT molecular complexity index is 939. The first kappa shape index (κ1) is 22.3. The Morgan fingerprint density at radius 3 is 2.50 bits per heavy atom. The zero-order chi connectivity index (χ0) is 22.4. The lowest BCUT2D eigenvalue weighted by Gasteiger charge is -2.35. The van der Waals surface area contributed by atoms with Gasteiger partial charge in [-0.2, -0.15) is 0 Å². The molecule has 1 saturated carbocycles. The number of fused-ring (bicyclic) bond motifs is 1. The topological polar surface area (TPSA) is 96.5 Å². The van der Waals surface area contributed by atoms with Crippen molar-refractivity contribution in [1.82, 2.24) is 16.0 Å². The highest BCUT2D eigenvalue weighted by atomic mass is 16.5. The molecule has 1 fully saturated rings. The van der Waals surface area contributed by atoms with E-state index in [4.69, 9.17) is 4.74 Å². The molecule has 3 aliphatic rings. The first-order valence-electron chi connectivity index (χ1n) is 11.5. The number of hydrogen-bond acceptors (Lipinski definition) is 5. The lowest BCUT2D eigenvalue weighted by atomic mass is 9.68. The Kier molecular flexibility index (Phi) is 7.05. The fraction of sp³-hybridized carbons (Fsp3) is 0.480. The maximum Gasteiger partial charge on any atom is 0.243 e. The third-order valence-electron chi connectivity index (χ3n) is 6.45. The molecular formula is C25H31N3O4. The van der Waals surface area contributed by atoms with Crippen molar-refractivity contribution in [2.24, 2.45) is 0 Å². The van der Waals surface area contributed by atoms with E-state index in [2.05, 4.69) is 16.0 Å². The number of carbonyl (C=O) groups excluding carboxylic acids is 3. The minimum Gasteiger partial charge on any atom is -0.488 e. The van der Waals surface area contributed by atoms with Crippen LogP contribution in [0.2, 0.25) is 0 Å². The summed E-state index contributed by atoms with van der Waals surface area (Å²) in [5, 5.41) is 9.23. The third kappa shape index (κ3) is 5.10. The van der Waals surface area contributed by atoms with E-state index >= 15 is 0 Å². The summed E-state index contributed by atoms with van der Waals surface area (Å²) >= 11 is 0. The Balaban J connectivity index is 1.62. The Morgan fingerprint density at radius 2 is 1.62 bits per heavy atom. The molecule has 2 heterocycles. The molecule has 0 radical (unpaired) electrons. The second kappa shape index (κ2) is 10.1. The number of nitrogens with one attached hydrogen (secondary N) is 3. The highest BCUT2D eigenvalue weighted by Crippen LogP contribution is 2.51. The molecule has 7 nitrogen and oxygen atoms in total. The number of carbonyl (C=O) groups is 3. The van der Waals surface area contributed by atoms with E-state index in [1.807, 2.05) is 24.3 Å². The lowest BCUT2D eigenvalue weighted by molar-refractivity contribution is -0.123. The monoisotopic (exact) mass is 437 g/mol. The molecule has 1 aromatic rings. The second-order valence-corrected chi connectivity index (χ2v) is 8.70. The normalized spacial score (nSPS) is 28.1. The van der Waals surface area contributed by atoms with E-state index in [1.54, 1.807) is 18.2 Å². The van der Waals surface area contributed by atoms with Crippen molar-refractivity contribution in [2.45, 2.75) is 50.0 Å². The molecule has 2 atom stereocenters. The number of ether oxygens (including phenoxy) is 1. The average molecular weight is 438 g/mol. The van der Waals surface area contributed by atoms with Gasteiger partial charge >= 0.3 is 0 Å². The molecule has 1 spiro atoms. The predicted octanol–water partition coefficient (Wildman–Crippen LogP) is 2.01. The van der Waals surface area contributed by atoms with Gasteiger partial charge in [0, 0.05) is 37.6 Å². The molecule has 7 heteroatoms. The summed E-state index contributed by atoms with van der Waals surface area (Å²) in [6, 6.07) is 5.81. The van der Waals surface area contributed by atoms with E-state index in [1.165, 1.54) is 0 Å². The first-order chi connectivity index (χ1) is 15.6. The number of hydrogen-bond donors (Lipinski definition) is 3. The molecule has 0 aromatic heterocycles. The van der Waals surface area contributed by atoms with Gasteiger partial charge in [0.05, 0.1) is 5.41 Å². The fourth-order valence-electron chi connectivity index (χ4n) is 4.66. The minimum atomic E-state index is -0.516. The zero-order valence-electron chi connectivity index (χ0n) is 18.3. The van der Waals surface area contributed by atoms with Crippen molar-refractivity contribution < 1.29 is 19.1 Å². The highest BCUT2D eigenvalue weighted by molar-refractivity contribution is 5.92. The summed E-state index contributed by atoms with van der Waals surface area (Å²) in [5.74, 6) is 0.677. The van der Waals surface area contributed by atoms with Gasteiger partial charge in [0.2, 0.25) is 11.8 Å². The van der Waals surface area contributed by atoms with E-state index in [0.717, 1.165) is 49.2 Å². The van der Waals surface area contributed by atoms with Crippen molar-refractivity contribution in [3.8, 4) is 5.75 Å². The number of ketones is 1. The standard InChI is InChI=1S/C25H31N3O4/c29-19-8-10-25-11-9-24(31)27-14-2-1-12-26-13-3-15-28-23(30)7-5-18-4-6-21(20(25)16-18)32-22(25)17-19/h4-7,9,11,16,22,26H,1-3,8,10,12-15,17H2,(H,27,31)(H,28,30)/b7-5-,11-9?/t22-,25+/m1/s1. The first-order valence-corrected chi connectivity index (χ1v) is 11.5. The van der Waals surface area contributed by atoms with Crippen molar-refractivity contribution in [3.05, 3.63) is 47.6 Å². The van der Waals surface area contributed by atoms with Crippen LogP contribution in [0.4, 0.5) is 0 Å². The van der Waals surface area contributed by atoms with E-state index in [9.17, 15) is 14.4 Å². The minimum absolute atomic E-state index is 0.122. The summed E-state index contributed by atoms with van der Waals surface area (Å²) in [5.41, 5.74) is 1.34. The molecule has 2 amide bonds. The van der Waals surface area contributed by atoms with Crippen molar-refractivity contribution in [2.75, 3.05) is 26.2 Å². The van der Waals surface area contributed by atoms with Crippen LogP contribution in [-0.4, -0.2) is 49.9 Å². The van der Waals surface area contributed by atoms with Crippen LogP contribution in [-0.2, 0) is 19.8 Å². The predicted molar refractivity (Wildman–Crippen MR) is 122 cm³/mol. The van der Waals surface area contributed by atoms with Crippen LogP contribution in [0.3, 0.4) is 0 Å². The van der Waals surface area contributed by atoms with Crippen molar-refractivity contribution in [1.29, 1.82) is 0 Å². The molecule has 0 unspecified atom stereocenters. The summed E-state index contributed by atoms with van der Waals surface area (Å²) in [7, 11) is 0. The van der Waals surface area contributed by atoms with Crippen molar-refractivity contribution in [3.63, 3.8) is 0 Å². The maximum atomic E-state index is 12.5. The molecule has 3 N–H and O–H groups in total. The summed E-state index contributed by atoms with van der Waals surface area (Å²) < 4.78 is 6.16. The third-order valence-corrected chi connectivity index (χ3v) is 6.45. The van der Waals surface area contributed by atoms with Gasteiger partial charge in [-0.15, -0.1) is 0 Å². The number of amides is 2. The Labute approximate surface area is 188 Å². The van der Waals surface area contributed by atoms with Gasteiger partial charge in [-0.05, 0) is 68.6 Å². The zero-order valence-corrected chi connectivity index (χ0v) is 18.3. The molecule has 2 bridgehead atoms. The van der Waals surface area contributed by atoms with Crippen LogP contribution < -0.4 is 20.7 Å². The summed E-state index contributed by atoms with van der Waals surface area (Å²) in [4.78, 5) is 36.8. The molecule has 1 aromatic carbocycles. The molecule has 0 saturated heterocycles. The van der Waals surface area contributed by atoms with Crippen LogP contribution in [0.5, 0.6) is 5.75 Å². The number of Topliss-reactive ketones (excluding diaryl/α,β-unsaturated/α-hetero) is 1. The van der Waals surface area contributed by atoms with E-state index < -0.39 is 5.41 Å². The van der Waals surface area contributed by atoms with Crippen LogP contribution in [0.1, 0.15) is 49.7 Å². The van der Waals surface area contributed by atoms with Gasteiger partial charge in [0.15, 0.2) is 0 Å². The van der Waals surface area contributed by atoms with Gasteiger partial charge < -0.3 is 20.7 Å². The SMILES string of the molecule is O=C1CC[C@]23C=CC(=O)NCCCCNCCCNC(=O)/C=C\c4ccc(c2c4)O[C@@H]3C1. The van der Waals surface area contributed by atoms with Crippen LogP contribution in [0, 0.1) is 0 Å². The van der Waals surface area contributed by atoms with Gasteiger partial charge in [0.25, 0.3) is 0 Å². The van der Waals surface area contributed by atoms with Crippen LogP contribution in [0.25, 0.3) is 6.08 Å². The molecule has 1 aliphatic carbocycles. The van der Waals surface area contributed by atoms with Crippen LogP contribution >= 0.6 is 0 Å². The van der Waals surface area contributed by atoms with Gasteiger partial charge in [-0.1, -0.05) is 12.1 Å². The largest absolute Gasteiger partial charge is 0.488 e. The van der Waals surface area contributed by atoms with Gasteiger partial charge in [0.1, 0.15) is 17.6 Å². The number of benzene rings is 1. The van der Waals surface area contributed by atoms with Gasteiger partial charge in [-0.25, -0.2) is 0 Å². The quantitative estimate of drug-likeness (QED) is 0.577.